The standard InChI is InChI=1S/C32H37N3O3/c1-24-14-15-30-27(21-24)23-34(2)18-16-26(25-9-4-3-5-10-25)11-8-17-35(19-20-37-30)32(36)22-29-28-12-6-7-13-31(28)38-33-29/h3-7,9-10,12-15,21,26H,8,11,16-20,22-23H2,1-2H3. The van der Waals surface area contributed by atoms with Crippen molar-refractivity contribution in [2.45, 2.75) is 45.1 Å². The van der Waals surface area contributed by atoms with Crippen LogP contribution in [0, 0.1) is 6.92 Å². The van der Waals surface area contributed by atoms with Crippen molar-refractivity contribution in [1.82, 2.24) is 15.0 Å². The number of nitrogens with zero attached hydrogens (tertiary/aromatic N) is 3. The highest BCUT2D eigenvalue weighted by molar-refractivity contribution is 5.86. The molecule has 6 heteroatoms. The first-order valence-corrected chi connectivity index (χ1v) is 13.6. The third kappa shape index (κ3) is 6.43. The van der Waals surface area contributed by atoms with E-state index in [9.17, 15) is 4.79 Å². The van der Waals surface area contributed by atoms with E-state index in [1.165, 1.54) is 16.7 Å². The van der Waals surface area contributed by atoms with Crippen LogP contribution in [0.1, 0.15) is 47.6 Å². The molecule has 3 aromatic carbocycles. The summed E-state index contributed by atoms with van der Waals surface area (Å²) in [6.45, 7) is 5.62. The Labute approximate surface area is 225 Å². The fourth-order valence-corrected chi connectivity index (χ4v) is 5.40. The van der Waals surface area contributed by atoms with Gasteiger partial charge in [-0.1, -0.05) is 65.3 Å². The summed E-state index contributed by atoms with van der Waals surface area (Å²) < 4.78 is 11.7. The molecule has 0 saturated heterocycles. The first-order valence-electron chi connectivity index (χ1n) is 13.6. The Morgan fingerprint density at radius 2 is 1.79 bits per heavy atom. The van der Waals surface area contributed by atoms with Gasteiger partial charge in [0.1, 0.15) is 18.1 Å². The highest BCUT2D eigenvalue weighted by atomic mass is 16.5. The maximum atomic E-state index is 13.5. The first kappa shape index (κ1) is 26.0. The maximum absolute atomic E-state index is 13.5. The largest absolute Gasteiger partial charge is 0.491 e. The average Bonchev–Trinajstić information content (AvgIpc) is 3.33. The molecular formula is C32H37N3O3. The molecule has 38 heavy (non-hydrogen) atoms. The lowest BCUT2D eigenvalue weighted by atomic mass is 9.91. The predicted octanol–water partition coefficient (Wildman–Crippen LogP) is 5.99. The first-order chi connectivity index (χ1) is 18.6. The number of hydrogen-bond acceptors (Lipinski definition) is 5. The minimum Gasteiger partial charge on any atom is -0.491 e. The van der Waals surface area contributed by atoms with Crippen molar-refractivity contribution in [3.8, 4) is 5.75 Å². The number of para-hydroxylation sites is 1. The Balaban J connectivity index is 1.36. The second-order valence-electron chi connectivity index (χ2n) is 10.4. The summed E-state index contributed by atoms with van der Waals surface area (Å²) >= 11 is 0. The zero-order valence-corrected chi connectivity index (χ0v) is 22.4. The highest BCUT2D eigenvalue weighted by Crippen LogP contribution is 2.27. The zero-order valence-electron chi connectivity index (χ0n) is 22.4. The molecule has 1 aromatic heterocycles. The maximum Gasteiger partial charge on any atom is 0.228 e. The van der Waals surface area contributed by atoms with Gasteiger partial charge in [-0.05, 0) is 69.5 Å². The third-order valence-corrected chi connectivity index (χ3v) is 7.51. The lowest BCUT2D eigenvalue weighted by molar-refractivity contribution is -0.131. The van der Waals surface area contributed by atoms with Gasteiger partial charge < -0.3 is 19.1 Å². The molecule has 1 aliphatic rings. The Morgan fingerprint density at radius 1 is 0.974 bits per heavy atom. The Hall–Kier alpha value is -3.64. The summed E-state index contributed by atoms with van der Waals surface area (Å²) in [5, 5.41) is 5.09. The lowest BCUT2D eigenvalue weighted by Crippen LogP contribution is -2.37. The summed E-state index contributed by atoms with van der Waals surface area (Å²) in [4.78, 5) is 17.8. The Bertz CT molecular complexity index is 1350. The molecule has 0 radical (unpaired) electrons. The second kappa shape index (κ2) is 12.3. The average molecular weight is 512 g/mol. The normalized spacial score (nSPS) is 17.9. The molecule has 198 valence electrons. The molecule has 1 aliphatic heterocycles. The molecule has 0 bridgehead atoms. The minimum atomic E-state index is 0.0554. The van der Waals surface area contributed by atoms with E-state index in [1.54, 1.807) is 0 Å². The minimum absolute atomic E-state index is 0.0554. The van der Waals surface area contributed by atoms with E-state index in [1.807, 2.05) is 29.2 Å². The van der Waals surface area contributed by atoms with Gasteiger partial charge in [-0.2, -0.15) is 0 Å². The van der Waals surface area contributed by atoms with Crippen molar-refractivity contribution in [1.29, 1.82) is 0 Å². The number of rotatable bonds is 3. The van der Waals surface area contributed by atoms with E-state index in [2.05, 4.69) is 72.6 Å². The van der Waals surface area contributed by atoms with Gasteiger partial charge >= 0.3 is 0 Å². The van der Waals surface area contributed by atoms with Crippen LogP contribution in [0.3, 0.4) is 0 Å². The highest BCUT2D eigenvalue weighted by Gasteiger charge is 2.21. The monoisotopic (exact) mass is 511 g/mol. The fraction of sp³-hybridized carbons (Fsp3) is 0.375. The van der Waals surface area contributed by atoms with Crippen LogP contribution in [-0.2, 0) is 17.8 Å². The van der Waals surface area contributed by atoms with Gasteiger partial charge in [0.25, 0.3) is 0 Å². The zero-order chi connectivity index (χ0) is 26.3. The smallest absolute Gasteiger partial charge is 0.228 e. The van der Waals surface area contributed by atoms with Crippen LogP contribution in [0.4, 0.5) is 0 Å². The van der Waals surface area contributed by atoms with Crippen LogP contribution in [0.2, 0.25) is 0 Å². The third-order valence-electron chi connectivity index (χ3n) is 7.51. The van der Waals surface area contributed by atoms with E-state index in [-0.39, 0.29) is 12.3 Å². The molecule has 0 fully saturated rings. The molecule has 0 spiro atoms. The molecule has 1 atom stereocenters. The van der Waals surface area contributed by atoms with Gasteiger partial charge in [-0.3, -0.25) is 4.79 Å². The van der Waals surface area contributed by atoms with Crippen LogP contribution in [-0.4, -0.2) is 54.2 Å². The van der Waals surface area contributed by atoms with Crippen LogP contribution < -0.4 is 4.74 Å². The van der Waals surface area contributed by atoms with E-state index in [4.69, 9.17) is 9.26 Å². The molecule has 1 amide bonds. The number of benzene rings is 3. The Morgan fingerprint density at radius 3 is 2.66 bits per heavy atom. The SMILES string of the molecule is Cc1ccc2c(c1)CN(C)CCC(c1ccccc1)CCCN(C(=O)Cc1noc3ccccc13)CCO2. The molecule has 2 heterocycles. The van der Waals surface area contributed by atoms with Crippen molar-refractivity contribution < 1.29 is 14.1 Å². The van der Waals surface area contributed by atoms with Gasteiger partial charge in [0.15, 0.2) is 5.58 Å². The Kier molecular flexibility index (Phi) is 8.39. The number of aryl methyl sites for hydroxylation is 1. The number of amides is 1. The van der Waals surface area contributed by atoms with E-state index >= 15 is 0 Å². The van der Waals surface area contributed by atoms with Crippen molar-refractivity contribution in [3.63, 3.8) is 0 Å². The number of carbonyl (C=O) groups is 1. The lowest BCUT2D eigenvalue weighted by Gasteiger charge is -2.27. The van der Waals surface area contributed by atoms with E-state index in [0.29, 0.717) is 36.9 Å². The molecule has 1 unspecified atom stereocenters. The van der Waals surface area contributed by atoms with Crippen molar-refractivity contribution in [2.24, 2.45) is 0 Å². The molecule has 0 aliphatic carbocycles. The molecular weight excluding hydrogens is 474 g/mol. The number of hydrogen-bond donors (Lipinski definition) is 0. The van der Waals surface area contributed by atoms with E-state index < -0.39 is 0 Å². The second-order valence-corrected chi connectivity index (χ2v) is 10.4. The van der Waals surface area contributed by atoms with Gasteiger partial charge in [0, 0.05) is 24.0 Å². The summed E-state index contributed by atoms with van der Waals surface area (Å²) in [5.41, 5.74) is 5.19. The topological polar surface area (TPSA) is 58.8 Å². The van der Waals surface area contributed by atoms with Gasteiger partial charge in [-0.25, -0.2) is 0 Å². The summed E-state index contributed by atoms with van der Waals surface area (Å²) in [6.07, 6.45) is 3.26. The number of fused-ring (bicyclic) bond motifs is 2. The summed E-state index contributed by atoms with van der Waals surface area (Å²) in [6, 6.07) is 24.9. The van der Waals surface area contributed by atoms with Crippen molar-refractivity contribution in [3.05, 3.63) is 95.2 Å². The number of carbonyl (C=O) groups excluding carboxylic acids is 1. The summed E-state index contributed by atoms with van der Waals surface area (Å²) in [7, 11) is 2.19. The molecule has 0 N–H and O–H groups in total. The van der Waals surface area contributed by atoms with Crippen LogP contribution >= 0.6 is 0 Å². The summed E-state index contributed by atoms with van der Waals surface area (Å²) in [5.74, 6) is 1.40. The van der Waals surface area contributed by atoms with Crippen LogP contribution in [0.15, 0.2) is 77.3 Å². The molecule has 6 nitrogen and oxygen atoms in total. The van der Waals surface area contributed by atoms with Crippen LogP contribution in [0.5, 0.6) is 5.75 Å². The predicted molar refractivity (Wildman–Crippen MR) is 150 cm³/mol. The van der Waals surface area contributed by atoms with Gasteiger partial charge in [0.05, 0.1) is 13.0 Å². The molecule has 5 rings (SSSR count). The van der Waals surface area contributed by atoms with Crippen molar-refractivity contribution >= 4 is 16.9 Å². The van der Waals surface area contributed by atoms with Crippen LogP contribution in [0.25, 0.3) is 11.0 Å². The fourth-order valence-electron chi connectivity index (χ4n) is 5.40. The quantitative estimate of drug-likeness (QED) is 0.338. The number of ether oxygens (including phenoxy) is 1. The number of aromatic nitrogens is 1. The van der Waals surface area contributed by atoms with E-state index in [0.717, 1.165) is 43.5 Å². The molecule has 4 aromatic rings. The van der Waals surface area contributed by atoms with Crippen molar-refractivity contribution in [2.75, 3.05) is 33.3 Å². The van der Waals surface area contributed by atoms with Gasteiger partial charge in [-0.15, -0.1) is 0 Å². The van der Waals surface area contributed by atoms with Gasteiger partial charge in [0.2, 0.25) is 5.91 Å². The molecule has 0 saturated carbocycles.